The molecule has 0 bridgehead atoms. The van der Waals surface area contributed by atoms with Gasteiger partial charge < -0.3 is 20.4 Å². The lowest BCUT2D eigenvalue weighted by Crippen LogP contribution is -2.58. The molecule has 0 aromatic heterocycles. The largest absolute Gasteiger partial charge is 0.343 e. The van der Waals surface area contributed by atoms with Crippen LogP contribution in [0.4, 0.5) is 0 Å². The van der Waals surface area contributed by atoms with Crippen molar-refractivity contribution < 1.29 is 9.59 Å². The Kier molecular flexibility index (Phi) is 11.1. The molecule has 0 spiro atoms. The highest BCUT2D eigenvalue weighted by atomic mass is 35.5. The van der Waals surface area contributed by atoms with Crippen molar-refractivity contribution in [3.05, 3.63) is 106 Å². The summed E-state index contributed by atoms with van der Waals surface area (Å²) < 4.78 is 0. The Labute approximate surface area is 267 Å². The van der Waals surface area contributed by atoms with Crippen LogP contribution in [-0.2, 0) is 29.0 Å². The molecule has 7 nitrogen and oxygen atoms in total. The summed E-state index contributed by atoms with van der Waals surface area (Å²) in [6, 6.07) is 23.6. The second-order valence-electron chi connectivity index (χ2n) is 12.0. The van der Waals surface area contributed by atoms with E-state index in [2.05, 4.69) is 77.6 Å². The van der Waals surface area contributed by atoms with Gasteiger partial charge in [0.05, 0.1) is 6.04 Å². The number of fused-ring (bicyclic) bond motifs is 1. The predicted molar refractivity (Wildman–Crippen MR) is 178 cm³/mol. The number of hydrogen-bond acceptors (Lipinski definition) is 5. The molecule has 2 N–H and O–H groups in total. The van der Waals surface area contributed by atoms with Crippen molar-refractivity contribution in [1.29, 1.82) is 0 Å². The third-order valence-electron chi connectivity index (χ3n) is 9.31. The summed E-state index contributed by atoms with van der Waals surface area (Å²) in [5.41, 5.74) is 6.01. The zero-order chi connectivity index (χ0) is 31.1. The van der Waals surface area contributed by atoms with Crippen LogP contribution in [-0.4, -0.2) is 84.4 Å². The molecule has 2 aliphatic heterocycles. The second kappa shape index (κ2) is 15.2. The standard InChI is InChI=1S/C36H46ClN5O2/c1-4-40(5-2)25-34(31-13-9-6-10-26(31)3)41-18-20-42(21-19-41)36(44)33(22-27-14-16-30(37)17-15-27)39-35(43)32-23-28-11-7-8-12-29(28)24-38-32/h6-17,32-34,38H,4-5,18-25H2,1-3H3,(H,39,43)/t32-,33-,34?/m1/s1. The van der Waals surface area contributed by atoms with Crippen molar-refractivity contribution in [3.63, 3.8) is 0 Å². The van der Waals surface area contributed by atoms with Crippen LogP contribution in [0.1, 0.15) is 47.7 Å². The predicted octanol–water partition coefficient (Wildman–Crippen LogP) is 4.62. The fraction of sp³-hybridized carbons (Fsp3) is 0.444. The Morgan fingerprint density at radius 2 is 1.59 bits per heavy atom. The normalized spacial score (nSPS) is 18.5. The van der Waals surface area contributed by atoms with E-state index >= 15 is 0 Å². The molecule has 5 rings (SSSR count). The van der Waals surface area contributed by atoms with E-state index in [0.29, 0.717) is 37.5 Å². The molecule has 2 amide bonds. The second-order valence-corrected chi connectivity index (χ2v) is 12.5. The lowest BCUT2D eigenvalue weighted by Gasteiger charge is -2.42. The molecule has 44 heavy (non-hydrogen) atoms. The summed E-state index contributed by atoms with van der Waals surface area (Å²) in [6.07, 6.45) is 1.02. The van der Waals surface area contributed by atoms with Crippen molar-refractivity contribution in [2.45, 2.75) is 58.3 Å². The van der Waals surface area contributed by atoms with Crippen LogP contribution in [0.2, 0.25) is 5.02 Å². The SMILES string of the molecule is CCN(CC)CC(c1ccccc1C)N1CCN(C(=O)[C@@H](Cc2ccc(Cl)cc2)NC(=O)[C@H]2Cc3ccccc3CN2)CC1. The molecule has 0 saturated carbocycles. The summed E-state index contributed by atoms with van der Waals surface area (Å²) in [5.74, 6) is -0.162. The Morgan fingerprint density at radius 1 is 0.932 bits per heavy atom. The first kappa shape index (κ1) is 32.2. The van der Waals surface area contributed by atoms with Gasteiger partial charge in [0.15, 0.2) is 0 Å². The summed E-state index contributed by atoms with van der Waals surface area (Å²) in [6.45, 7) is 13.0. The van der Waals surface area contributed by atoms with E-state index in [0.717, 1.165) is 38.3 Å². The van der Waals surface area contributed by atoms with Gasteiger partial charge in [-0.05, 0) is 66.4 Å². The maximum Gasteiger partial charge on any atom is 0.245 e. The quantitative estimate of drug-likeness (QED) is 0.330. The van der Waals surface area contributed by atoms with Crippen molar-refractivity contribution >= 4 is 23.4 Å². The van der Waals surface area contributed by atoms with Crippen LogP contribution < -0.4 is 10.6 Å². The first-order valence-corrected chi connectivity index (χ1v) is 16.4. The van der Waals surface area contributed by atoms with Crippen molar-refractivity contribution in [1.82, 2.24) is 25.3 Å². The molecule has 234 valence electrons. The van der Waals surface area contributed by atoms with Gasteiger partial charge in [-0.25, -0.2) is 0 Å². The summed E-state index contributed by atoms with van der Waals surface area (Å²) in [5, 5.41) is 7.16. The average molecular weight is 616 g/mol. The van der Waals surface area contributed by atoms with E-state index in [1.165, 1.54) is 22.3 Å². The zero-order valence-electron chi connectivity index (χ0n) is 26.3. The first-order valence-electron chi connectivity index (χ1n) is 16.0. The van der Waals surface area contributed by atoms with Crippen molar-refractivity contribution in [2.24, 2.45) is 0 Å². The molecule has 0 radical (unpaired) electrons. The highest BCUT2D eigenvalue weighted by Crippen LogP contribution is 2.27. The molecule has 1 unspecified atom stereocenters. The van der Waals surface area contributed by atoms with Gasteiger partial charge in [-0.2, -0.15) is 0 Å². The van der Waals surface area contributed by atoms with Crippen LogP contribution in [0, 0.1) is 6.92 Å². The van der Waals surface area contributed by atoms with Gasteiger partial charge in [0.25, 0.3) is 0 Å². The molecule has 1 fully saturated rings. The van der Waals surface area contributed by atoms with Gasteiger partial charge in [0.2, 0.25) is 11.8 Å². The summed E-state index contributed by atoms with van der Waals surface area (Å²) >= 11 is 6.14. The minimum absolute atomic E-state index is 0.0275. The van der Waals surface area contributed by atoms with Gasteiger partial charge in [-0.15, -0.1) is 0 Å². The maximum atomic E-state index is 14.1. The molecule has 3 atom stereocenters. The molecule has 1 saturated heterocycles. The third kappa shape index (κ3) is 7.88. The minimum atomic E-state index is -0.656. The van der Waals surface area contributed by atoms with Gasteiger partial charge in [-0.3, -0.25) is 14.5 Å². The number of carbonyl (C=O) groups excluding carboxylic acids is 2. The van der Waals surface area contributed by atoms with Crippen LogP contribution in [0.3, 0.4) is 0 Å². The molecule has 2 heterocycles. The van der Waals surface area contributed by atoms with Crippen LogP contribution >= 0.6 is 11.6 Å². The Morgan fingerprint density at radius 3 is 2.27 bits per heavy atom. The third-order valence-corrected chi connectivity index (χ3v) is 9.56. The summed E-state index contributed by atoms with van der Waals surface area (Å²) in [7, 11) is 0. The first-order chi connectivity index (χ1) is 21.4. The number of rotatable bonds is 11. The number of halogens is 1. The lowest BCUT2D eigenvalue weighted by molar-refractivity contribution is -0.138. The molecule has 2 aliphatic rings. The van der Waals surface area contributed by atoms with E-state index in [1.807, 2.05) is 41.3 Å². The van der Waals surface area contributed by atoms with E-state index in [9.17, 15) is 9.59 Å². The molecule has 8 heteroatoms. The molecular formula is C36H46ClN5O2. The van der Waals surface area contributed by atoms with Gasteiger partial charge >= 0.3 is 0 Å². The van der Waals surface area contributed by atoms with Gasteiger partial charge in [0.1, 0.15) is 6.04 Å². The lowest BCUT2D eigenvalue weighted by atomic mass is 9.95. The zero-order valence-corrected chi connectivity index (χ0v) is 27.0. The topological polar surface area (TPSA) is 67.9 Å². The van der Waals surface area contributed by atoms with Gasteiger partial charge in [0, 0.05) is 56.8 Å². The number of aryl methyl sites for hydroxylation is 1. The number of carbonyl (C=O) groups is 2. The Balaban J connectivity index is 1.29. The van der Waals surface area contributed by atoms with E-state index in [1.54, 1.807) is 0 Å². The van der Waals surface area contributed by atoms with Crippen LogP contribution in [0.15, 0.2) is 72.8 Å². The number of likely N-dealkylation sites (N-methyl/N-ethyl adjacent to an activating group) is 1. The smallest absolute Gasteiger partial charge is 0.245 e. The number of hydrogen-bond donors (Lipinski definition) is 2. The molecule has 3 aromatic carbocycles. The Bertz CT molecular complexity index is 1400. The Hall–Kier alpha value is -3.23. The van der Waals surface area contributed by atoms with Crippen molar-refractivity contribution in [2.75, 3.05) is 45.8 Å². The van der Waals surface area contributed by atoms with E-state index in [-0.39, 0.29) is 23.9 Å². The van der Waals surface area contributed by atoms with Crippen LogP contribution in [0.5, 0.6) is 0 Å². The van der Waals surface area contributed by atoms with E-state index in [4.69, 9.17) is 11.6 Å². The number of piperazine rings is 1. The average Bonchev–Trinajstić information content (AvgIpc) is 3.06. The number of nitrogens with one attached hydrogen (secondary N) is 2. The molecule has 3 aromatic rings. The molecular weight excluding hydrogens is 570 g/mol. The number of nitrogens with zero attached hydrogens (tertiary/aromatic N) is 3. The van der Waals surface area contributed by atoms with Gasteiger partial charge in [-0.1, -0.05) is 86.1 Å². The molecule has 0 aliphatic carbocycles. The highest BCUT2D eigenvalue weighted by molar-refractivity contribution is 6.30. The maximum absolute atomic E-state index is 14.1. The number of amides is 2. The van der Waals surface area contributed by atoms with Crippen LogP contribution in [0.25, 0.3) is 0 Å². The van der Waals surface area contributed by atoms with Crippen molar-refractivity contribution in [3.8, 4) is 0 Å². The minimum Gasteiger partial charge on any atom is -0.343 e. The fourth-order valence-electron chi connectivity index (χ4n) is 6.54. The fourth-order valence-corrected chi connectivity index (χ4v) is 6.67. The van der Waals surface area contributed by atoms with E-state index < -0.39 is 6.04 Å². The number of benzene rings is 3. The highest BCUT2D eigenvalue weighted by Gasteiger charge is 2.34. The summed E-state index contributed by atoms with van der Waals surface area (Å²) in [4.78, 5) is 34.6. The monoisotopic (exact) mass is 615 g/mol.